The molecule has 2 aliphatic heterocycles. The molecule has 0 fully saturated rings. The second-order valence-electron chi connectivity index (χ2n) is 9.41. The highest BCUT2D eigenvalue weighted by Crippen LogP contribution is 2.36. The third-order valence-corrected chi connectivity index (χ3v) is 8.04. The molecule has 39 heavy (non-hydrogen) atoms. The van der Waals surface area contributed by atoms with Crippen LogP contribution in [0, 0.1) is 6.92 Å². The maximum absolute atomic E-state index is 13.8. The van der Waals surface area contributed by atoms with Crippen molar-refractivity contribution in [3.63, 3.8) is 0 Å². The van der Waals surface area contributed by atoms with Crippen molar-refractivity contribution in [2.24, 2.45) is 0 Å². The molecule has 1 aromatic heterocycles. The second kappa shape index (κ2) is 10.5. The molecule has 0 spiro atoms. The third kappa shape index (κ3) is 5.12. The summed E-state index contributed by atoms with van der Waals surface area (Å²) in [6, 6.07) is 17.0. The average Bonchev–Trinajstić information content (AvgIpc) is 3.61. The third-order valence-electron chi connectivity index (χ3n) is 6.69. The SMILES string of the molecule is CC[C@@H](Sc1nc2cc3c(cc2c(=O)n1Cc1ccc2c(c1)OCO2)OCO3)C(=O)NCc1ccc(C)cc1. The van der Waals surface area contributed by atoms with Crippen LogP contribution in [0.1, 0.15) is 30.0 Å². The molecule has 1 atom stereocenters. The number of thioether (sulfide) groups is 1. The molecule has 0 aliphatic carbocycles. The number of carbonyl (C=O) groups is 1. The number of nitrogens with one attached hydrogen (secondary N) is 1. The van der Waals surface area contributed by atoms with Gasteiger partial charge in [-0.3, -0.25) is 14.2 Å². The van der Waals surface area contributed by atoms with Crippen LogP contribution < -0.4 is 29.8 Å². The van der Waals surface area contributed by atoms with Gasteiger partial charge in [0, 0.05) is 12.6 Å². The zero-order valence-corrected chi connectivity index (χ0v) is 22.4. The number of ether oxygens (including phenoxy) is 4. The molecule has 4 aromatic rings. The molecule has 3 heterocycles. The van der Waals surface area contributed by atoms with E-state index >= 15 is 0 Å². The van der Waals surface area contributed by atoms with E-state index in [9.17, 15) is 9.59 Å². The van der Waals surface area contributed by atoms with Crippen molar-refractivity contribution >= 4 is 28.6 Å². The Morgan fingerprint density at radius 3 is 2.36 bits per heavy atom. The number of hydrogen-bond acceptors (Lipinski definition) is 8. The highest BCUT2D eigenvalue weighted by molar-refractivity contribution is 8.00. The van der Waals surface area contributed by atoms with Crippen molar-refractivity contribution in [2.45, 2.75) is 43.8 Å². The molecule has 9 nitrogen and oxygen atoms in total. The normalized spacial score (nSPS) is 14.0. The molecule has 0 unspecified atom stereocenters. The second-order valence-corrected chi connectivity index (χ2v) is 10.6. The number of rotatable bonds is 8. The lowest BCUT2D eigenvalue weighted by Gasteiger charge is -2.18. The highest BCUT2D eigenvalue weighted by Gasteiger charge is 2.24. The van der Waals surface area contributed by atoms with Gasteiger partial charge >= 0.3 is 0 Å². The van der Waals surface area contributed by atoms with Gasteiger partial charge in [-0.05, 0) is 42.7 Å². The van der Waals surface area contributed by atoms with Crippen molar-refractivity contribution in [3.05, 3.63) is 81.6 Å². The Morgan fingerprint density at radius 1 is 0.949 bits per heavy atom. The van der Waals surface area contributed by atoms with E-state index in [-0.39, 0.29) is 31.6 Å². The molecule has 0 saturated carbocycles. The van der Waals surface area contributed by atoms with Crippen LogP contribution in [0.4, 0.5) is 0 Å². The van der Waals surface area contributed by atoms with Gasteiger partial charge in [0.05, 0.1) is 22.7 Å². The van der Waals surface area contributed by atoms with Gasteiger partial charge in [0.25, 0.3) is 5.56 Å². The Morgan fingerprint density at radius 2 is 1.62 bits per heavy atom. The summed E-state index contributed by atoms with van der Waals surface area (Å²) in [5.41, 5.74) is 3.30. The summed E-state index contributed by atoms with van der Waals surface area (Å²) < 4.78 is 23.6. The number of aromatic nitrogens is 2. The summed E-state index contributed by atoms with van der Waals surface area (Å²) in [4.78, 5) is 31.9. The van der Waals surface area contributed by atoms with Crippen molar-refractivity contribution in [2.75, 3.05) is 13.6 Å². The van der Waals surface area contributed by atoms with E-state index in [4.69, 9.17) is 23.9 Å². The number of carbonyl (C=O) groups excluding carboxylic acids is 1. The number of aryl methyl sites for hydroxylation is 1. The summed E-state index contributed by atoms with van der Waals surface area (Å²) in [5, 5.41) is 3.45. The molecular weight excluding hydrogens is 518 g/mol. The van der Waals surface area contributed by atoms with E-state index in [1.165, 1.54) is 11.8 Å². The minimum atomic E-state index is -0.447. The lowest BCUT2D eigenvalue weighted by molar-refractivity contribution is -0.120. The fourth-order valence-corrected chi connectivity index (χ4v) is 5.54. The predicted molar refractivity (Wildman–Crippen MR) is 147 cm³/mol. The molecule has 6 rings (SSSR count). The smallest absolute Gasteiger partial charge is 0.262 e. The monoisotopic (exact) mass is 545 g/mol. The first kappa shape index (κ1) is 25.1. The maximum Gasteiger partial charge on any atom is 0.262 e. The van der Waals surface area contributed by atoms with Crippen molar-refractivity contribution < 1.29 is 23.7 Å². The van der Waals surface area contributed by atoms with E-state index in [1.807, 2.05) is 56.3 Å². The van der Waals surface area contributed by atoms with Crippen LogP contribution in [0.2, 0.25) is 0 Å². The van der Waals surface area contributed by atoms with Crippen molar-refractivity contribution in [1.29, 1.82) is 0 Å². The zero-order chi connectivity index (χ0) is 26.9. The first-order chi connectivity index (χ1) is 19.0. The van der Waals surface area contributed by atoms with Gasteiger partial charge in [0.1, 0.15) is 0 Å². The summed E-state index contributed by atoms with van der Waals surface area (Å²) in [6.45, 7) is 4.91. The largest absolute Gasteiger partial charge is 0.454 e. The van der Waals surface area contributed by atoms with Gasteiger partial charge in [-0.15, -0.1) is 0 Å². The minimum absolute atomic E-state index is 0.0950. The van der Waals surface area contributed by atoms with Gasteiger partial charge in [-0.2, -0.15) is 0 Å². The molecule has 0 saturated heterocycles. The molecular formula is C29H27N3O6S. The van der Waals surface area contributed by atoms with Gasteiger partial charge in [-0.1, -0.05) is 54.6 Å². The van der Waals surface area contributed by atoms with Gasteiger partial charge < -0.3 is 24.3 Å². The van der Waals surface area contributed by atoms with Crippen LogP contribution in [0.3, 0.4) is 0 Å². The van der Waals surface area contributed by atoms with Crippen LogP contribution in [0.5, 0.6) is 23.0 Å². The maximum atomic E-state index is 13.8. The number of fused-ring (bicyclic) bond motifs is 3. The summed E-state index contributed by atoms with van der Waals surface area (Å²) in [5.74, 6) is 2.24. The minimum Gasteiger partial charge on any atom is -0.454 e. The molecule has 3 aromatic carbocycles. The Labute approximate surface area is 229 Å². The predicted octanol–water partition coefficient (Wildman–Crippen LogP) is 4.40. The van der Waals surface area contributed by atoms with E-state index < -0.39 is 5.25 Å². The first-order valence-electron chi connectivity index (χ1n) is 12.7. The fraction of sp³-hybridized carbons (Fsp3) is 0.276. The molecule has 1 N–H and O–H groups in total. The van der Waals surface area contributed by atoms with Gasteiger partial charge in [-0.25, -0.2) is 4.98 Å². The van der Waals surface area contributed by atoms with Gasteiger partial charge in [0.2, 0.25) is 19.5 Å². The number of nitrogens with zero attached hydrogens (tertiary/aromatic N) is 2. The lowest BCUT2D eigenvalue weighted by Crippen LogP contribution is -2.33. The zero-order valence-electron chi connectivity index (χ0n) is 21.6. The summed E-state index contributed by atoms with van der Waals surface area (Å²) >= 11 is 1.28. The van der Waals surface area contributed by atoms with Crippen LogP contribution >= 0.6 is 11.8 Å². The molecule has 1 amide bonds. The quantitative estimate of drug-likeness (QED) is 0.257. The van der Waals surface area contributed by atoms with Gasteiger partial charge in [0.15, 0.2) is 28.2 Å². The fourth-order valence-electron chi connectivity index (χ4n) is 4.50. The summed E-state index contributed by atoms with van der Waals surface area (Å²) in [7, 11) is 0. The Balaban J connectivity index is 1.33. The Bertz CT molecular complexity index is 1620. The first-order valence-corrected chi connectivity index (χ1v) is 13.6. The summed E-state index contributed by atoms with van der Waals surface area (Å²) in [6.07, 6.45) is 0.559. The molecule has 2 aliphatic rings. The Hall–Kier alpha value is -4.18. The molecule has 10 heteroatoms. The Kier molecular flexibility index (Phi) is 6.78. The van der Waals surface area contributed by atoms with E-state index in [2.05, 4.69) is 5.32 Å². The van der Waals surface area contributed by atoms with Crippen molar-refractivity contribution in [1.82, 2.24) is 14.9 Å². The van der Waals surface area contributed by atoms with E-state index in [0.29, 0.717) is 52.0 Å². The van der Waals surface area contributed by atoms with E-state index in [1.54, 1.807) is 16.7 Å². The van der Waals surface area contributed by atoms with Crippen LogP contribution in [-0.4, -0.2) is 34.3 Å². The molecule has 200 valence electrons. The van der Waals surface area contributed by atoms with Crippen LogP contribution in [0.25, 0.3) is 10.9 Å². The van der Waals surface area contributed by atoms with Crippen molar-refractivity contribution in [3.8, 4) is 23.0 Å². The average molecular weight is 546 g/mol. The number of benzene rings is 3. The lowest BCUT2D eigenvalue weighted by atomic mass is 10.1. The van der Waals surface area contributed by atoms with E-state index in [0.717, 1.165) is 16.7 Å². The molecule has 0 radical (unpaired) electrons. The number of hydrogen-bond donors (Lipinski definition) is 1. The van der Waals surface area contributed by atoms with Crippen LogP contribution in [0.15, 0.2) is 64.5 Å². The molecule has 0 bridgehead atoms. The highest BCUT2D eigenvalue weighted by atomic mass is 32.2. The number of amides is 1. The topological polar surface area (TPSA) is 101 Å². The standard InChI is InChI=1S/C29H27N3O6S/c1-3-26(27(33)30-13-18-6-4-17(2)5-7-18)39-29-31-21-12-25-24(37-16-38-25)11-20(21)28(34)32(29)14-19-8-9-22-23(10-19)36-15-35-22/h4-12,26H,3,13-16H2,1-2H3,(H,30,33)/t26-/m1/s1. The van der Waals surface area contributed by atoms with Crippen LogP contribution in [-0.2, 0) is 17.9 Å².